The molecule has 0 atom stereocenters. The Hall–Kier alpha value is -2.50. The van der Waals surface area contributed by atoms with E-state index in [0.717, 1.165) is 0 Å². The molecule has 0 aliphatic heterocycles. The van der Waals surface area contributed by atoms with Crippen molar-refractivity contribution in [3.63, 3.8) is 0 Å². The minimum atomic E-state index is -0.239. The molecule has 2 rings (SSSR count). The van der Waals surface area contributed by atoms with Gasteiger partial charge in [0.2, 0.25) is 0 Å². The average molecular weight is 261 g/mol. The molecule has 1 aromatic carbocycles. The molecule has 6 heteroatoms. The van der Waals surface area contributed by atoms with Gasteiger partial charge in [-0.05, 0) is 12.1 Å². The predicted molar refractivity (Wildman–Crippen MR) is 70.3 cm³/mol. The summed E-state index contributed by atoms with van der Waals surface area (Å²) in [7, 11) is 3.36. The number of nitrogens with one attached hydrogen (secondary N) is 1. The van der Waals surface area contributed by atoms with Crippen LogP contribution in [0.3, 0.4) is 0 Å². The summed E-state index contributed by atoms with van der Waals surface area (Å²) in [6, 6.07) is 7.13. The second kappa shape index (κ2) is 5.90. The van der Waals surface area contributed by atoms with Crippen LogP contribution < -0.4 is 14.8 Å². The fourth-order valence-corrected chi connectivity index (χ4v) is 1.52. The Morgan fingerprint density at radius 2 is 2.26 bits per heavy atom. The van der Waals surface area contributed by atoms with Crippen molar-refractivity contribution in [1.82, 2.24) is 9.78 Å². The highest BCUT2D eigenvalue weighted by atomic mass is 16.5. The molecule has 0 saturated carbocycles. The molecule has 1 aromatic heterocycles. The Kier molecular flexibility index (Phi) is 4.02. The van der Waals surface area contributed by atoms with E-state index in [1.807, 2.05) is 6.07 Å². The van der Waals surface area contributed by atoms with Crippen LogP contribution in [0.4, 0.5) is 5.69 Å². The molecule has 6 nitrogen and oxygen atoms in total. The first-order chi connectivity index (χ1) is 9.17. The summed E-state index contributed by atoms with van der Waals surface area (Å²) in [6.07, 6.45) is 3.25. The molecule has 0 aliphatic carbocycles. The maximum Gasteiger partial charge on any atom is 0.262 e. The number of aromatic nitrogens is 2. The van der Waals surface area contributed by atoms with E-state index in [2.05, 4.69) is 10.4 Å². The van der Waals surface area contributed by atoms with Crippen LogP contribution in [0.25, 0.3) is 0 Å². The van der Waals surface area contributed by atoms with Crippen molar-refractivity contribution < 1.29 is 14.3 Å². The number of hydrogen-bond donors (Lipinski definition) is 1. The zero-order valence-electron chi connectivity index (χ0n) is 10.8. The number of carbonyl (C=O) groups excluding carboxylic acids is 1. The summed E-state index contributed by atoms with van der Waals surface area (Å²) in [5.74, 6) is 1.01. The number of amides is 1. The van der Waals surface area contributed by atoms with Gasteiger partial charge in [-0.3, -0.25) is 9.48 Å². The molecule has 19 heavy (non-hydrogen) atoms. The van der Waals surface area contributed by atoms with Gasteiger partial charge in [-0.2, -0.15) is 5.10 Å². The van der Waals surface area contributed by atoms with Crippen molar-refractivity contribution >= 4 is 11.6 Å². The molecule has 100 valence electrons. The zero-order chi connectivity index (χ0) is 13.7. The number of anilines is 1. The van der Waals surface area contributed by atoms with Gasteiger partial charge < -0.3 is 14.8 Å². The Labute approximate surface area is 110 Å². The van der Waals surface area contributed by atoms with Gasteiger partial charge in [0.1, 0.15) is 5.75 Å². The van der Waals surface area contributed by atoms with Gasteiger partial charge in [0.15, 0.2) is 12.4 Å². The normalized spacial score (nSPS) is 10.0. The fourth-order valence-electron chi connectivity index (χ4n) is 1.52. The SMILES string of the molecule is COc1cccc(NC(=O)COc2cnn(C)c2)c1. The van der Waals surface area contributed by atoms with E-state index < -0.39 is 0 Å². The van der Waals surface area contributed by atoms with Crippen LogP contribution in [-0.4, -0.2) is 29.4 Å². The number of carbonyl (C=O) groups is 1. The Bertz CT molecular complexity index is 566. The molecule has 0 radical (unpaired) electrons. The number of hydrogen-bond acceptors (Lipinski definition) is 4. The van der Waals surface area contributed by atoms with Crippen molar-refractivity contribution in [3.8, 4) is 11.5 Å². The lowest BCUT2D eigenvalue weighted by Gasteiger charge is -2.07. The monoisotopic (exact) mass is 261 g/mol. The molecule has 1 heterocycles. The smallest absolute Gasteiger partial charge is 0.262 e. The van der Waals surface area contributed by atoms with Gasteiger partial charge in [-0.15, -0.1) is 0 Å². The van der Waals surface area contributed by atoms with E-state index in [1.54, 1.807) is 49.4 Å². The lowest BCUT2D eigenvalue weighted by Crippen LogP contribution is -2.20. The van der Waals surface area contributed by atoms with Gasteiger partial charge >= 0.3 is 0 Å². The van der Waals surface area contributed by atoms with Crippen LogP contribution in [0.1, 0.15) is 0 Å². The predicted octanol–water partition coefficient (Wildman–Crippen LogP) is 1.45. The standard InChI is InChI=1S/C13H15N3O3/c1-16-8-12(7-14-16)19-9-13(17)15-10-4-3-5-11(6-10)18-2/h3-8H,9H2,1-2H3,(H,15,17). The van der Waals surface area contributed by atoms with Crippen LogP contribution in [-0.2, 0) is 11.8 Å². The summed E-state index contributed by atoms with van der Waals surface area (Å²) in [5, 5.41) is 6.67. The second-order valence-corrected chi connectivity index (χ2v) is 3.92. The van der Waals surface area contributed by atoms with Crippen LogP contribution in [0.5, 0.6) is 11.5 Å². The molecule has 0 spiro atoms. The number of aryl methyl sites for hydroxylation is 1. The number of methoxy groups -OCH3 is 1. The Morgan fingerprint density at radius 3 is 2.95 bits per heavy atom. The maximum absolute atomic E-state index is 11.7. The van der Waals surface area contributed by atoms with E-state index in [9.17, 15) is 4.79 Å². The Morgan fingerprint density at radius 1 is 1.42 bits per heavy atom. The van der Waals surface area contributed by atoms with E-state index in [1.165, 1.54) is 0 Å². The van der Waals surface area contributed by atoms with E-state index in [-0.39, 0.29) is 12.5 Å². The van der Waals surface area contributed by atoms with Gasteiger partial charge in [-0.1, -0.05) is 6.07 Å². The van der Waals surface area contributed by atoms with Crippen molar-refractivity contribution in [2.45, 2.75) is 0 Å². The van der Waals surface area contributed by atoms with Crippen LogP contribution in [0.2, 0.25) is 0 Å². The third-order valence-electron chi connectivity index (χ3n) is 2.40. The first-order valence-corrected chi connectivity index (χ1v) is 5.73. The third-order valence-corrected chi connectivity index (χ3v) is 2.40. The van der Waals surface area contributed by atoms with Gasteiger partial charge in [0.05, 0.1) is 19.5 Å². The third kappa shape index (κ3) is 3.74. The minimum Gasteiger partial charge on any atom is -0.497 e. The van der Waals surface area contributed by atoms with Crippen LogP contribution in [0, 0.1) is 0 Å². The first-order valence-electron chi connectivity index (χ1n) is 5.73. The molecule has 1 N–H and O–H groups in total. The van der Waals surface area contributed by atoms with Crippen molar-refractivity contribution in [2.24, 2.45) is 7.05 Å². The zero-order valence-corrected chi connectivity index (χ0v) is 10.8. The number of nitrogens with zero attached hydrogens (tertiary/aromatic N) is 2. The summed E-state index contributed by atoms with van der Waals surface area (Å²) < 4.78 is 12.0. The summed E-state index contributed by atoms with van der Waals surface area (Å²) in [6.45, 7) is -0.0666. The number of benzene rings is 1. The van der Waals surface area contributed by atoms with E-state index in [0.29, 0.717) is 17.2 Å². The quantitative estimate of drug-likeness (QED) is 0.884. The Balaban J connectivity index is 1.86. The van der Waals surface area contributed by atoms with Gasteiger partial charge in [0.25, 0.3) is 5.91 Å². The van der Waals surface area contributed by atoms with Crippen LogP contribution >= 0.6 is 0 Å². The second-order valence-electron chi connectivity index (χ2n) is 3.92. The topological polar surface area (TPSA) is 65.4 Å². The lowest BCUT2D eigenvalue weighted by molar-refractivity contribution is -0.118. The largest absolute Gasteiger partial charge is 0.497 e. The number of rotatable bonds is 5. The molecule has 0 unspecified atom stereocenters. The van der Waals surface area contributed by atoms with Crippen molar-refractivity contribution in [3.05, 3.63) is 36.7 Å². The van der Waals surface area contributed by atoms with E-state index >= 15 is 0 Å². The molecule has 0 bridgehead atoms. The molecular weight excluding hydrogens is 246 g/mol. The molecule has 1 amide bonds. The molecule has 0 saturated heterocycles. The van der Waals surface area contributed by atoms with Crippen molar-refractivity contribution in [1.29, 1.82) is 0 Å². The van der Waals surface area contributed by atoms with Gasteiger partial charge in [0, 0.05) is 18.8 Å². The summed E-state index contributed by atoms with van der Waals surface area (Å²) in [5.41, 5.74) is 0.666. The average Bonchev–Trinajstić information content (AvgIpc) is 2.82. The maximum atomic E-state index is 11.7. The molecule has 2 aromatic rings. The molecular formula is C13H15N3O3. The van der Waals surface area contributed by atoms with E-state index in [4.69, 9.17) is 9.47 Å². The highest BCUT2D eigenvalue weighted by Crippen LogP contribution is 2.16. The molecule has 0 aliphatic rings. The summed E-state index contributed by atoms with van der Waals surface area (Å²) in [4.78, 5) is 11.7. The highest BCUT2D eigenvalue weighted by Gasteiger charge is 2.05. The van der Waals surface area contributed by atoms with Crippen LogP contribution in [0.15, 0.2) is 36.7 Å². The van der Waals surface area contributed by atoms with Gasteiger partial charge in [-0.25, -0.2) is 0 Å². The first kappa shape index (κ1) is 12.9. The lowest BCUT2D eigenvalue weighted by atomic mass is 10.3. The molecule has 0 fully saturated rings. The highest BCUT2D eigenvalue weighted by molar-refractivity contribution is 5.92. The summed E-state index contributed by atoms with van der Waals surface area (Å²) >= 11 is 0. The minimum absolute atomic E-state index is 0.0666. The van der Waals surface area contributed by atoms with Crippen molar-refractivity contribution in [2.75, 3.05) is 19.0 Å². The fraction of sp³-hybridized carbons (Fsp3) is 0.231. The number of ether oxygens (including phenoxy) is 2.